The Morgan fingerprint density at radius 2 is 1.41 bits per heavy atom. The van der Waals surface area contributed by atoms with Crippen LogP contribution in [0.3, 0.4) is 0 Å². The second kappa shape index (κ2) is 5.89. The first-order chi connectivity index (χ1) is 10.6. The standard InChI is InChI=1S/C17H13F2N3/c18-13-5-1-11(2-6-13)9-15-10-16(22-17(20)21-15)12-3-7-14(19)8-4-12/h1-8,10H,9H2,(H2,20,21,22). The summed E-state index contributed by atoms with van der Waals surface area (Å²) in [5.41, 5.74) is 8.78. The Morgan fingerprint density at radius 1 is 0.818 bits per heavy atom. The van der Waals surface area contributed by atoms with E-state index in [1.54, 1.807) is 30.3 Å². The first-order valence-electron chi connectivity index (χ1n) is 6.74. The summed E-state index contributed by atoms with van der Waals surface area (Å²) >= 11 is 0. The van der Waals surface area contributed by atoms with Crippen LogP contribution in [0.25, 0.3) is 11.3 Å². The van der Waals surface area contributed by atoms with Crippen molar-refractivity contribution in [2.75, 3.05) is 5.73 Å². The molecule has 3 nitrogen and oxygen atoms in total. The van der Waals surface area contributed by atoms with Gasteiger partial charge >= 0.3 is 0 Å². The third kappa shape index (κ3) is 3.25. The van der Waals surface area contributed by atoms with Crippen LogP contribution in [0.2, 0.25) is 0 Å². The molecule has 0 radical (unpaired) electrons. The summed E-state index contributed by atoms with van der Waals surface area (Å²) in [7, 11) is 0. The molecule has 3 aromatic rings. The Balaban J connectivity index is 1.92. The van der Waals surface area contributed by atoms with Crippen LogP contribution in [0.15, 0.2) is 54.6 Å². The average molecular weight is 297 g/mol. The number of aromatic nitrogens is 2. The van der Waals surface area contributed by atoms with E-state index in [4.69, 9.17) is 5.73 Å². The second-order valence-corrected chi connectivity index (χ2v) is 4.91. The number of nitrogen functional groups attached to an aromatic ring is 1. The fourth-order valence-corrected chi connectivity index (χ4v) is 2.19. The number of hydrogen-bond acceptors (Lipinski definition) is 3. The largest absolute Gasteiger partial charge is 0.368 e. The molecule has 1 aromatic heterocycles. The Morgan fingerprint density at radius 3 is 2.05 bits per heavy atom. The lowest BCUT2D eigenvalue weighted by Crippen LogP contribution is -2.02. The van der Waals surface area contributed by atoms with Crippen molar-refractivity contribution in [1.29, 1.82) is 0 Å². The van der Waals surface area contributed by atoms with Crippen LogP contribution in [0.5, 0.6) is 0 Å². The van der Waals surface area contributed by atoms with Gasteiger partial charge in [-0.3, -0.25) is 0 Å². The van der Waals surface area contributed by atoms with Gasteiger partial charge in [-0.15, -0.1) is 0 Å². The maximum absolute atomic E-state index is 13.0. The quantitative estimate of drug-likeness (QED) is 0.803. The second-order valence-electron chi connectivity index (χ2n) is 4.91. The molecule has 0 bridgehead atoms. The van der Waals surface area contributed by atoms with Gasteiger partial charge in [-0.25, -0.2) is 18.7 Å². The molecule has 0 amide bonds. The van der Waals surface area contributed by atoms with Gasteiger partial charge in [-0.1, -0.05) is 12.1 Å². The van der Waals surface area contributed by atoms with E-state index >= 15 is 0 Å². The summed E-state index contributed by atoms with van der Waals surface area (Å²) in [5, 5.41) is 0. The smallest absolute Gasteiger partial charge is 0.220 e. The number of anilines is 1. The van der Waals surface area contributed by atoms with Crippen molar-refractivity contribution in [2.45, 2.75) is 6.42 Å². The molecule has 0 spiro atoms. The molecule has 0 aliphatic rings. The zero-order chi connectivity index (χ0) is 15.5. The third-order valence-electron chi connectivity index (χ3n) is 3.23. The summed E-state index contributed by atoms with van der Waals surface area (Å²) < 4.78 is 25.9. The van der Waals surface area contributed by atoms with E-state index in [-0.39, 0.29) is 17.6 Å². The molecule has 0 saturated heterocycles. The molecule has 0 aliphatic carbocycles. The van der Waals surface area contributed by atoms with E-state index in [9.17, 15) is 8.78 Å². The van der Waals surface area contributed by atoms with Gasteiger partial charge in [0.05, 0.1) is 11.4 Å². The zero-order valence-electron chi connectivity index (χ0n) is 11.6. The van der Waals surface area contributed by atoms with Gasteiger partial charge in [0.1, 0.15) is 11.6 Å². The lowest BCUT2D eigenvalue weighted by molar-refractivity contribution is 0.627. The van der Waals surface area contributed by atoms with Gasteiger partial charge < -0.3 is 5.73 Å². The fourth-order valence-electron chi connectivity index (χ4n) is 2.19. The highest BCUT2D eigenvalue weighted by Crippen LogP contribution is 2.20. The molecule has 0 atom stereocenters. The predicted octanol–water partition coefficient (Wildman–Crippen LogP) is 3.59. The maximum atomic E-state index is 13.0. The van der Waals surface area contributed by atoms with Crippen LogP contribution < -0.4 is 5.73 Å². The van der Waals surface area contributed by atoms with Crippen molar-refractivity contribution in [3.63, 3.8) is 0 Å². The Hall–Kier alpha value is -2.82. The molecule has 0 unspecified atom stereocenters. The van der Waals surface area contributed by atoms with Gasteiger partial charge in [0.2, 0.25) is 5.95 Å². The summed E-state index contributed by atoms with van der Waals surface area (Å²) in [6.45, 7) is 0. The van der Waals surface area contributed by atoms with Crippen molar-refractivity contribution in [2.24, 2.45) is 0 Å². The molecule has 22 heavy (non-hydrogen) atoms. The highest BCUT2D eigenvalue weighted by molar-refractivity contribution is 5.60. The lowest BCUT2D eigenvalue weighted by atomic mass is 10.1. The molecule has 110 valence electrons. The summed E-state index contributed by atoms with van der Waals surface area (Å²) in [6.07, 6.45) is 0.515. The SMILES string of the molecule is Nc1nc(Cc2ccc(F)cc2)cc(-c2ccc(F)cc2)n1. The zero-order valence-corrected chi connectivity index (χ0v) is 11.6. The van der Waals surface area contributed by atoms with Crippen molar-refractivity contribution in [3.8, 4) is 11.3 Å². The predicted molar refractivity (Wildman–Crippen MR) is 81.0 cm³/mol. The number of rotatable bonds is 3. The lowest BCUT2D eigenvalue weighted by Gasteiger charge is -2.06. The Bertz CT molecular complexity index is 784. The molecule has 0 aliphatic heterocycles. The van der Waals surface area contributed by atoms with Gasteiger partial charge in [-0.2, -0.15) is 0 Å². The molecule has 0 saturated carbocycles. The minimum atomic E-state index is -0.308. The van der Waals surface area contributed by atoms with Gasteiger partial charge in [0.25, 0.3) is 0 Å². The van der Waals surface area contributed by atoms with Crippen LogP contribution in [0, 0.1) is 11.6 Å². The first-order valence-corrected chi connectivity index (χ1v) is 6.74. The minimum absolute atomic E-state index is 0.152. The summed E-state index contributed by atoms with van der Waals surface area (Å²) in [6, 6.07) is 14.0. The van der Waals surface area contributed by atoms with Crippen molar-refractivity contribution in [3.05, 3.63) is 77.5 Å². The van der Waals surface area contributed by atoms with E-state index in [0.717, 1.165) is 16.8 Å². The van der Waals surface area contributed by atoms with Gasteiger partial charge in [-0.05, 0) is 48.0 Å². The molecule has 2 N–H and O–H groups in total. The maximum Gasteiger partial charge on any atom is 0.220 e. The van der Waals surface area contributed by atoms with Gasteiger partial charge in [0.15, 0.2) is 0 Å². The number of halogens is 2. The molecular weight excluding hydrogens is 284 g/mol. The van der Waals surface area contributed by atoms with E-state index in [1.165, 1.54) is 24.3 Å². The van der Waals surface area contributed by atoms with Crippen LogP contribution >= 0.6 is 0 Å². The molecule has 0 fully saturated rings. The highest BCUT2D eigenvalue weighted by Gasteiger charge is 2.06. The van der Waals surface area contributed by atoms with E-state index in [0.29, 0.717) is 12.1 Å². The van der Waals surface area contributed by atoms with Crippen LogP contribution in [0.4, 0.5) is 14.7 Å². The van der Waals surface area contributed by atoms with Crippen LogP contribution in [0.1, 0.15) is 11.3 Å². The molecule has 3 rings (SSSR count). The normalized spacial score (nSPS) is 10.6. The number of nitrogens with zero attached hydrogens (tertiary/aromatic N) is 2. The molecule has 2 aromatic carbocycles. The minimum Gasteiger partial charge on any atom is -0.368 e. The topological polar surface area (TPSA) is 51.8 Å². The van der Waals surface area contributed by atoms with Gasteiger partial charge in [0, 0.05) is 12.0 Å². The van der Waals surface area contributed by atoms with E-state index < -0.39 is 0 Å². The first kappa shape index (κ1) is 14.1. The molecule has 1 heterocycles. The van der Waals surface area contributed by atoms with Crippen LogP contribution in [-0.2, 0) is 6.42 Å². The number of hydrogen-bond donors (Lipinski definition) is 1. The van der Waals surface area contributed by atoms with Crippen molar-refractivity contribution in [1.82, 2.24) is 9.97 Å². The molecular formula is C17H13F2N3. The number of benzene rings is 2. The summed E-state index contributed by atoms with van der Waals surface area (Å²) in [5.74, 6) is -0.436. The van der Waals surface area contributed by atoms with Crippen LogP contribution in [-0.4, -0.2) is 9.97 Å². The van der Waals surface area contributed by atoms with E-state index in [1.807, 2.05) is 0 Å². The summed E-state index contributed by atoms with van der Waals surface area (Å²) in [4.78, 5) is 8.37. The van der Waals surface area contributed by atoms with Crippen molar-refractivity contribution >= 4 is 5.95 Å². The Labute approximate surface area is 126 Å². The molecule has 5 heteroatoms. The number of nitrogens with two attached hydrogens (primary N) is 1. The van der Waals surface area contributed by atoms with Crippen molar-refractivity contribution < 1.29 is 8.78 Å². The average Bonchev–Trinajstić information content (AvgIpc) is 2.50. The third-order valence-corrected chi connectivity index (χ3v) is 3.23. The Kier molecular flexibility index (Phi) is 3.78. The monoisotopic (exact) mass is 297 g/mol. The fraction of sp³-hybridized carbons (Fsp3) is 0.0588. The highest BCUT2D eigenvalue weighted by atomic mass is 19.1. The van der Waals surface area contributed by atoms with E-state index in [2.05, 4.69) is 9.97 Å².